The minimum absolute atomic E-state index is 0.0219. The molecule has 0 fully saturated rings. The van der Waals surface area contributed by atoms with Gasteiger partial charge in [-0.3, -0.25) is 4.79 Å². The fourth-order valence-electron chi connectivity index (χ4n) is 1.96. The molecule has 0 atom stereocenters. The molecule has 0 aliphatic carbocycles. The van der Waals surface area contributed by atoms with Crippen molar-refractivity contribution in [3.05, 3.63) is 29.8 Å². The number of hydrogen-bond acceptors (Lipinski definition) is 5. The summed E-state index contributed by atoms with van der Waals surface area (Å²) in [7, 11) is -3.65. The largest absolute Gasteiger partial charge is 0.452 e. The Morgan fingerprint density at radius 3 is 2.39 bits per heavy atom. The summed E-state index contributed by atoms with van der Waals surface area (Å²) in [6.45, 7) is 5.95. The van der Waals surface area contributed by atoms with Crippen LogP contribution in [0.25, 0.3) is 0 Å². The van der Waals surface area contributed by atoms with E-state index in [-0.39, 0.29) is 10.5 Å². The number of amides is 1. The van der Waals surface area contributed by atoms with Crippen LogP contribution in [0.1, 0.15) is 31.1 Å². The van der Waals surface area contributed by atoms with E-state index in [4.69, 9.17) is 4.74 Å². The number of nitrogens with zero attached hydrogens (tertiary/aromatic N) is 1. The summed E-state index contributed by atoms with van der Waals surface area (Å²) < 4.78 is 31.0. The Morgan fingerprint density at radius 1 is 1.17 bits per heavy atom. The first kappa shape index (κ1) is 19.1. The van der Waals surface area contributed by atoms with Gasteiger partial charge in [0.05, 0.1) is 10.5 Å². The van der Waals surface area contributed by atoms with Gasteiger partial charge < -0.3 is 10.1 Å². The zero-order valence-corrected chi connectivity index (χ0v) is 14.4. The maximum atomic E-state index is 12.4. The van der Waals surface area contributed by atoms with Gasteiger partial charge in [-0.25, -0.2) is 13.2 Å². The van der Waals surface area contributed by atoms with Gasteiger partial charge >= 0.3 is 5.97 Å². The molecule has 8 heteroatoms. The summed E-state index contributed by atoms with van der Waals surface area (Å²) in [6, 6.07) is 5.60. The van der Waals surface area contributed by atoms with Crippen LogP contribution < -0.4 is 5.32 Å². The average Bonchev–Trinajstić information content (AvgIpc) is 2.54. The molecule has 0 heterocycles. The number of sulfonamides is 1. The second kappa shape index (κ2) is 8.64. The first-order valence-corrected chi connectivity index (χ1v) is 8.84. The Kier molecular flexibility index (Phi) is 7.18. The van der Waals surface area contributed by atoms with Crippen LogP contribution >= 0.6 is 0 Å². The Morgan fingerprint density at radius 2 is 1.83 bits per heavy atom. The average molecular weight is 342 g/mol. The van der Waals surface area contributed by atoms with Gasteiger partial charge in [-0.2, -0.15) is 4.31 Å². The Hall–Kier alpha value is -1.93. The quantitative estimate of drug-likeness (QED) is 0.712. The van der Waals surface area contributed by atoms with Gasteiger partial charge in [-0.15, -0.1) is 0 Å². The van der Waals surface area contributed by atoms with Gasteiger partial charge in [0.25, 0.3) is 5.91 Å². The fourth-order valence-corrected chi connectivity index (χ4v) is 3.46. The van der Waals surface area contributed by atoms with Crippen LogP contribution in [-0.4, -0.2) is 50.8 Å². The molecule has 0 aromatic heterocycles. The third-order valence-electron chi connectivity index (χ3n) is 3.12. The van der Waals surface area contributed by atoms with Crippen molar-refractivity contribution in [2.75, 3.05) is 26.2 Å². The topological polar surface area (TPSA) is 92.8 Å². The number of hydrogen-bond donors (Lipinski definition) is 1. The lowest BCUT2D eigenvalue weighted by Gasteiger charge is -2.18. The summed E-state index contributed by atoms with van der Waals surface area (Å²) in [5.41, 5.74) is 0.0857. The molecule has 7 nitrogen and oxygen atoms in total. The lowest BCUT2D eigenvalue weighted by molar-refractivity contribution is -0.124. The van der Waals surface area contributed by atoms with Crippen molar-refractivity contribution in [3.63, 3.8) is 0 Å². The van der Waals surface area contributed by atoms with E-state index in [1.807, 2.05) is 0 Å². The van der Waals surface area contributed by atoms with Crippen molar-refractivity contribution >= 4 is 21.9 Å². The van der Waals surface area contributed by atoms with Crippen molar-refractivity contribution in [1.82, 2.24) is 9.62 Å². The highest BCUT2D eigenvalue weighted by molar-refractivity contribution is 7.89. The van der Waals surface area contributed by atoms with E-state index in [0.29, 0.717) is 19.6 Å². The summed E-state index contributed by atoms with van der Waals surface area (Å²) in [6.07, 6.45) is 0. The van der Waals surface area contributed by atoms with Crippen molar-refractivity contribution in [1.29, 1.82) is 0 Å². The monoisotopic (exact) mass is 342 g/mol. The maximum Gasteiger partial charge on any atom is 0.338 e. The van der Waals surface area contributed by atoms with Crippen molar-refractivity contribution in [3.8, 4) is 0 Å². The smallest absolute Gasteiger partial charge is 0.338 e. The van der Waals surface area contributed by atoms with E-state index in [2.05, 4.69) is 5.32 Å². The Balaban J connectivity index is 2.92. The number of esters is 1. The molecule has 0 unspecified atom stereocenters. The lowest BCUT2D eigenvalue weighted by Crippen LogP contribution is -2.31. The van der Waals surface area contributed by atoms with Gasteiger partial charge in [0, 0.05) is 19.6 Å². The molecule has 0 saturated carbocycles. The summed E-state index contributed by atoms with van der Waals surface area (Å²) in [4.78, 5) is 23.2. The van der Waals surface area contributed by atoms with Gasteiger partial charge in [0.1, 0.15) is 0 Å². The van der Waals surface area contributed by atoms with Crippen molar-refractivity contribution in [2.45, 2.75) is 25.7 Å². The summed E-state index contributed by atoms with van der Waals surface area (Å²) in [5.74, 6) is -1.15. The summed E-state index contributed by atoms with van der Waals surface area (Å²) in [5, 5.41) is 2.50. The molecular weight excluding hydrogens is 320 g/mol. The van der Waals surface area contributed by atoms with E-state index in [1.165, 1.54) is 28.6 Å². The molecule has 0 aliphatic rings. The van der Waals surface area contributed by atoms with E-state index < -0.39 is 28.5 Å². The van der Waals surface area contributed by atoms with E-state index in [1.54, 1.807) is 20.8 Å². The molecule has 0 radical (unpaired) electrons. The van der Waals surface area contributed by atoms with Crippen LogP contribution in [0.3, 0.4) is 0 Å². The number of rotatable bonds is 8. The number of nitrogens with one attached hydrogen (secondary N) is 1. The SMILES string of the molecule is CCNC(=O)COC(=O)c1cccc(S(=O)(=O)N(CC)CC)c1. The van der Waals surface area contributed by atoms with Gasteiger partial charge in [-0.1, -0.05) is 19.9 Å². The lowest BCUT2D eigenvalue weighted by atomic mass is 10.2. The first-order valence-electron chi connectivity index (χ1n) is 7.40. The standard InChI is InChI=1S/C15H22N2O5S/c1-4-16-14(18)11-22-15(19)12-8-7-9-13(10-12)23(20,21)17(5-2)6-3/h7-10H,4-6,11H2,1-3H3,(H,16,18). The van der Waals surface area contributed by atoms with Gasteiger partial charge in [0.15, 0.2) is 6.61 Å². The second-order valence-electron chi connectivity index (χ2n) is 4.65. The zero-order valence-electron chi connectivity index (χ0n) is 13.5. The Bertz CT molecular complexity index is 654. The molecule has 1 aromatic carbocycles. The molecule has 1 rings (SSSR count). The van der Waals surface area contributed by atoms with Crippen LogP contribution in [0, 0.1) is 0 Å². The third-order valence-corrected chi connectivity index (χ3v) is 5.17. The first-order chi connectivity index (χ1) is 10.9. The van der Waals surface area contributed by atoms with E-state index >= 15 is 0 Å². The molecule has 23 heavy (non-hydrogen) atoms. The fraction of sp³-hybridized carbons (Fsp3) is 0.467. The van der Waals surface area contributed by atoms with Gasteiger partial charge in [0.2, 0.25) is 10.0 Å². The second-order valence-corrected chi connectivity index (χ2v) is 6.58. The van der Waals surface area contributed by atoms with Crippen LogP contribution in [0.4, 0.5) is 0 Å². The third kappa shape index (κ3) is 5.04. The minimum atomic E-state index is -3.65. The van der Waals surface area contributed by atoms with Crippen LogP contribution in [-0.2, 0) is 19.6 Å². The predicted molar refractivity (Wildman–Crippen MR) is 85.5 cm³/mol. The molecule has 1 aromatic rings. The van der Waals surface area contributed by atoms with E-state index in [9.17, 15) is 18.0 Å². The number of carbonyl (C=O) groups excluding carboxylic acids is 2. The molecule has 0 bridgehead atoms. The highest BCUT2D eigenvalue weighted by Crippen LogP contribution is 2.17. The maximum absolute atomic E-state index is 12.4. The molecule has 1 amide bonds. The zero-order chi connectivity index (χ0) is 17.5. The van der Waals surface area contributed by atoms with Crippen molar-refractivity contribution < 1.29 is 22.7 Å². The number of likely N-dealkylation sites (N-methyl/N-ethyl adjacent to an activating group) is 1. The van der Waals surface area contributed by atoms with Crippen LogP contribution in [0.15, 0.2) is 29.2 Å². The molecular formula is C15H22N2O5S. The molecule has 0 aliphatic heterocycles. The predicted octanol–water partition coefficient (Wildman–Crippen LogP) is 1.01. The highest BCUT2D eigenvalue weighted by atomic mass is 32.2. The molecule has 1 N–H and O–H groups in total. The highest BCUT2D eigenvalue weighted by Gasteiger charge is 2.22. The molecule has 0 spiro atoms. The molecule has 0 saturated heterocycles. The number of carbonyl (C=O) groups is 2. The van der Waals surface area contributed by atoms with Crippen LogP contribution in [0.5, 0.6) is 0 Å². The Labute approximate surface area is 136 Å². The minimum Gasteiger partial charge on any atom is -0.452 e. The van der Waals surface area contributed by atoms with Crippen LogP contribution in [0.2, 0.25) is 0 Å². The molecule has 128 valence electrons. The number of ether oxygens (including phenoxy) is 1. The number of benzene rings is 1. The summed E-state index contributed by atoms with van der Waals surface area (Å²) >= 11 is 0. The normalized spacial score (nSPS) is 11.3. The van der Waals surface area contributed by atoms with E-state index in [0.717, 1.165) is 0 Å². The van der Waals surface area contributed by atoms with Gasteiger partial charge in [-0.05, 0) is 25.1 Å². The van der Waals surface area contributed by atoms with Crippen molar-refractivity contribution in [2.24, 2.45) is 0 Å².